The van der Waals surface area contributed by atoms with Gasteiger partial charge in [0.2, 0.25) is 0 Å². The number of rotatable bonds is 0. The predicted octanol–water partition coefficient (Wildman–Crippen LogP) is 2.60. The third-order valence-electron chi connectivity index (χ3n) is 6.13. The van der Waals surface area contributed by atoms with E-state index in [0.717, 1.165) is 19.3 Å². The fourth-order valence-electron chi connectivity index (χ4n) is 5.12. The maximum Gasteiger partial charge on any atom is 0.334 e. The van der Waals surface area contributed by atoms with Crippen LogP contribution in [0.15, 0.2) is 12.2 Å². The number of esters is 1. The van der Waals surface area contributed by atoms with Crippen LogP contribution < -0.4 is 0 Å². The summed E-state index contributed by atoms with van der Waals surface area (Å²) in [5.74, 6) is -0.0162. The lowest BCUT2D eigenvalue weighted by Gasteiger charge is -2.48. The molecule has 3 nitrogen and oxygen atoms in total. The number of ether oxygens (including phenoxy) is 2. The lowest BCUT2D eigenvalue weighted by Crippen LogP contribution is -2.57. The summed E-state index contributed by atoms with van der Waals surface area (Å²) in [5, 5.41) is 0. The van der Waals surface area contributed by atoms with Gasteiger partial charge in [0.05, 0.1) is 5.60 Å². The molecule has 0 aromatic heterocycles. The molecule has 0 amide bonds. The average molecular weight is 248 g/mol. The molecular formula is C15H20O3. The molecule has 4 aliphatic rings. The average Bonchev–Trinajstić information content (AvgIpc) is 2.85. The first kappa shape index (κ1) is 11.0. The molecule has 2 aliphatic carbocycles. The van der Waals surface area contributed by atoms with E-state index in [1.807, 2.05) is 0 Å². The largest absolute Gasteiger partial charge is 0.455 e. The maximum atomic E-state index is 11.8. The minimum Gasteiger partial charge on any atom is -0.455 e. The topological polar surface area (TPSA) is 38.8 Å². The summed E-state index contributed by atoms with van der Waals surface area (Å²) in [6.07, 6.45) is 5.57. The molecule has 2 saturated carbocycles. The Hall–Kier alpha value is -0.830. The maximum absolute atomic E-state index is 11.8. The van der Waals surface area contributed by atoms with E-state index < -0.39 is 0 Å². The highest BCUT2D eigenvalue weighted by atomic mass is 16.7. The summed E-state index contributed by atoms with van der Waals surface area (Å²) in [6, 6.07) is 0. The molecule has 1 spiro atoms. The molecule has 0 aromatic carbocycles. The lowest BCUT2D eigenvalue weighted by molar-refractivity contribution is -0.149. The van der Waals surface area contributed by atoms with Gasteiger partial charge in [-0.25, -0.2) is 4.79 Å². The van der Waals surface area contributed by atoms with E-state index in [9.17, 15) is 4.79 Å². The van der Waals surface area contributed by atoms with Gasteiger partial charge >= 0.3 is 5.97 Å². The fourth-order valence-corrected chi connectivity index (χ4v) is 5.12. The van der Waals surface area contributed by atoms with Crippen LogP contribution in [0.5, 0.6) is 0 Å². The van der Waals surface area contributed by atoms with Crippen molar-refractivity contribution in [3.8, 4) is 0 Å². The van der Waals surface area contributed by atoms with Crippen LogP contribution in [0.4, 0.5) is 0 Å². The van der Waals surface area contributed by atoms with Crippen LogP contribution in [0.1, 0.15) is 46.0 Å². The minimum atomic E-state index is -0.226. The Morgan fingerprint density at radius 2 is 2.06 bits per heavy atom. The molecule has 3 heteroatoms. The first-order chi connectivity index (χ1) is 8.44. The molecular weight excluding hydrogens is 228 g/mol. The molecule has 4 rings (SSSR count). The predicted molar refractivity (Wildman–Crippen MR) is 65.9 cm³/mol. The molecule has 4 fully saturated rings. The van der Waals surface area contributed by atoms with E-state index >= 15 is 0 Å². The van der Waals surface area contributed by atoms with Crippen molar-refractivity contribution in [3.63, 3.8) is 0 Å². The normalized spacial score (nSPS) is 57.4. The third kappa shape index (κ3) is 0.932. The Balaban J connectivity index is 1.82. The zero-order chi connectivity index (χ0) is 12.8. The first-order valence-electron chi connectivity index (χ1n) is 7.04. The van der Waals surface area contributed by atoms with Gasteiger partial charge in [-0.05, 0) is 39.0 Å². The highest BCUT2D eigenvalue weighted by molar-refractivity contribution is 5.91. The second-order valence-corrected chi connectivity index (χ2v) is 6.98. The highest BCUT2D eigenvalue weighted by Gasteiger charge is 2.83. The van der Waals surface area contributed by atoms with Crippen LogP contribution >= 0.6 is 0 Å². The molecule has 2 heterocycles. The van der Waals surface area contributed by atoms with E-state index in [0.29, 0.717) is 5.57 Å². The second kappa shape index (κ2) is 2.84. The molecule has 5 unspecified atom stereocenters. The van der Waals surface area contributed by atoms with Crippen LogP contribution in [0.2, 0.25) is 0 Å². The second-order valence-electron chi connectivity index (χ2n) is 6.98. The summed E-state index contributed by atoms with van der Waals surface area (Å²) < 4.78 is 11.9. The lowest BCUT2D eigenvalue weighted by atomic mass is 9.53. The molecule has 0 radical (unpaired) electrons. The number of epoxide rings is 1. The van der Waals surface area contributed by atoms with E-state index in [1.54, 1.807) is 0 Å². The smallest absolute Gasteiger partial charge is 0.334 e. The number of hydrogen-bond acceptors (Lipinski definition) is 3. The van der Waals surface area contributed by atoms with Gasteiger partial charge in [0.25, 0.3) is 0 Å². The SMILES string of the molecule is C=C1C(=O)OC2C1CCC1(C)CCCC3(C)OC213. The molecule has 98 valence electrons. The summed E-state index contributed by atoms with van der Waals surface area (Å²) >= 11 is 0. The molecule has 2 saturated heterocycles. The van der Waals surface area contributed by atoms with Gasteiger partial charge in [-0.15, -0.1) is 0 Å². The van der Waals surface area contributed by atoms with E-state index in [1.165, 1.54) is 12.8 Å². The molecule has 18 heavy (non-hydrogen) atoms. The Morgan fingerprint density at radius 1 is 1.28 bits per heavy atom. The van der Waals surface area contributed by atoms with Crippen LogP contribution in [0.3, 0.4) is 0 Å². The van der Waals surface area contributed by atoms with Gasteiger partial charge in [0.1, 0.15) is 11.7 Å². The van der Waals surface area contributed by atoms with Gasteiger partial charge in [-0.3, -0.25) is 0 Å². The van der Waals surface area contributed by atoms with E-state index in [-0.39, 0.29) is 34.6 Å². The molecule has 5 atom stereocenters. The number of fused-ring (bicyclic) bond motifs is 1. The van der Waals surface area contributed by atoms with Crippen molar-refractivity contribution in [3.05, 3.63) is 12.2 Å². The zero-order valence-corrected chi connectivity index (χ0v) is 11.1. The van der Waals surface area contributed by atoms with E-state index in [4.69, 9.17) is 9.47 Å². The summed E-state index contributed by atoms with van der Waals surface area (Å²) in [6.45, 7) is 8.44. The Bertz CT molecular complexity index is 470. The molecule has 0 bridgehead atoms. The Labute approximate surface area is 108 Å². The summed E-state index contributed by atoms with van der Waals surface area (Å²) in [4.78, 5) is 11.8. The van der Waals surface area contributed by atoms with Gasteiger partial charge in [0.15, 0.2) is 0 Å². The molecule has 0 N–H and O–H groups in total. The van der Waals surface area contributed by atoms with Crippen LogP contribution in [0.25, 0.3) is 0 Å². The number of carbonyl (C=O) groups excluding carboxylic acids is 1. The van der Waals surface area contributed by atoms with Crippen LogP contribution in [-0.4, -0.2) is 23.3 Å². The quantitative estimate of drug-likeness (QED) is 0.376. The van der Waals surface area contributed by atoms with Crippen molar-refractivity contribution in [2.24, 2.45) is 11.3 Å². The Morgan fingerprint density at radius 3 is 2.83 bits per heavy atom. The van der Waals surface area contributed by atoms with Crippen molar-refractivity contribution in [2.75, 3.05) is 0 Å². The summed E-state index contributed by atoms with van der Waals surface area (Å²) in [5.41, 5.74) is 0.538. The number of hydrogen-bond donors (Lipinski definition) is 0. The molecule has 0 aromatic rings. The van der Waals surface area contributed by atoms with E-state index in [2.05, 4.69) is 20.4 Å². The number of carbonyl (C=O) groups is 1. The Kier molecular flexibility index (Phi) is 1.74. The van der Waals surface area contributed by atoms with Crippen LogP contribution in [0, 0.1) is 11.3 Å². The van der Waals surface area contributed by atoms with Crippen LogP contribution in [-0.2, 0) is 14.3 Å². The van der Waals surface area contributed by atoms with Gasteiger partial charge in [-0.1, -0.05) is 13.5 Å². The standard InChI is InChI=1S/C15H20O3/c1-9-10-5-8-13(2)6-4-7-14(3)15(13,18-14)11(10)17-12(9)16/h10-11H,1,4-8H2,2-3H3. The highest BCUT2D eigenvalue weighted by Crippen LogP contribution is 2.73. The van der Waals surface area contributed by atoms with Crippen molar-refractivity contribution in [1.29, 1.82) is 0 Å². The van der Waals surface area contributed by atoms with Crippen molar-refractivity contribution in [2.45, 2.75) is 63.3 Å². The first-order valence-corrected chi connectivity index (χ1v) is 7.04. The summed E-state index contributed by atoms with van der Waals surface area (Å²) in [7, 11) is 0. The van der Waals surface area contributed by atoms with Gasteiger partial charge in [0, 0.05) is 16.9 Å². The fraction of sp³-hybridized carbons (Fsp3) is 0.800. The third-order valence-corrected chi connectivity index (χ3v) is 6.13. The van der Waals surface area contributed by atoms with Gasteiger partial charge in [-0.2, -0.15) is 0 Å². The van der Waals surface area contributed by atoms with Crippen molar-refractivity contribution < 1.29 is 14.3 Å². The monoisotopic (exact) mass is 248 g/mol. The molecule has 2 aliphatic heterocycles. The minimum absolute atomic E-state index is 0.0752. The van der Waals surface area contributed by atoms with Gasteiger partial charge < -0.3 is 9.47 Å². The van der Waals surface area contributed by atoms with Crippen molar-refractivity contribution >= 4 is 5.97 Å². The zero-order valence-electron chi connectivity index (χ0n) is 11.1. The van der Waals surface area contributed by atoms with Crippen molar-refractivity contribution in [1.82, 2.24) is 0 Å².